The van der Waals surface area contributed by atoms with Crippen LogP contribution in [0.25, 0.3) is 0 Å². The molecular weight excluding hydrogens is 264 g/mol. The Hall–Kier alpha value is -1.52. The lowest BCUT2D eigenvalue weighted by molar-refractivity contribution is -0.122. The van der Waals surface area contributed by atoms with Crippen molar-refractivity contribution in [1.82, 2.24) is 10.6 Å². The summed E-state index contributed by atoms with van der Waals surface area (Å²) in [5.41, 5.74) is 0.863. The molecule has 19 heavy (non-hydrogen) atoms. The third kappa shape index (κ3) is 5.32. The van der Waals surface area contributed by atoms with Crippen molar-refractivity contribution in [1.29, 1.82) is 0 Å². The largest absolute Gasteiger partial charge is 0.483 e. The molecule has 1 aromatic rings. The van der Waals surface area contributed by atoms with E-state index in [0.29, 0.717) is 23.9 Å². The average molecular weight is 283 g/mol. The Morgan fingerprint density at radius 1 is 1.53 bits per heavy atom. The van der Waals surface area contributed by atoms with Gasteiger partial charge in [-0.05, 0) is 18.7 Å². The Balaban J connectivity index is 2.63. The predicted octanol–water partition coefficient (Wildman–Crippen LogP) is 2.13. The van der Waals surface area contributed by atoms with Crippen LogP contribution in [0.3, 0.4) is 0 Å². The molecule has 0 aliphatic rings. The van der Waals surface area contributed by atoms with Crippen molar-refractivity contribution >= 4 is 17.5 Å². The van der Waals surface area contributed by atoms with Crippen LogP contribution in [0.1, 0.15) is 12.5 Å². The molecule has 0 spiro atoms. The van der Waals surface area contributed by atoms with Crippen molar-refractivity contribution in [2.75, 3.05) is 19.7 Å². The van der Waals surface area contributed by atoms with Crippen molar-refractivity contribution in [2.45, 2.75) is 13.5 Å². The van der Waals surface area contributed by atoms with Gasteiger partial charge in [0.15, 0.2) is 6.61 Å². The maximum Gasteiger partial charge on any atom is 0.258 e. The van der Waals surface area contributed by atoms with Gasteiger partial charge < -0.3 is 15.4 Å². The van der Waals surface area contributed by atoms with E-state index in [1.54, 1.807) is 24.3 Å². The Kier molecular flexibility index (Phi) is 7.00. The SMILES string of the molecule is C=CCNC(=O)COc1cccc(Cl)c1CNCC. The van der Waals surface area contributed by atoms with E-state index in [-0.39, 0.29) is 12.5 Å². The normalized spacial score (nSPS) is 10.0. The molecule has 0 heterocycles. The molecule has 0 aliphatic heterocycles. The van der Waals surface area contributed by atoms with Crippen LogP contribution < -0.4 is 15.4 Å². The molecular formula is C14H19ClN2O2. The second kappa shape index (κ2) is 8.56. The second-order valence-electron chi connectivity index (χ2n) is 3.88. The molecule has 0 atom stereocenters. The molecule has 2 N–H and O–H groups in total. The summed E-state index contributed by atoms with van der Waals surface area (Å²) in [5.74, 6) is 0.441. The number of hydrogen-bond donors (Lipinski definition) is 2. The summed E-state index contributed by atoms with van der Waals surface area (Å²) in [7, 11) is 0. The van der Waals surface area contributed by atoms with Crippen molar-refractivity contribution in [3.8, 4) is 5.75 Å². The van der Waals surface area contributed by atoms with Crippen LogP contribution >= 0.6 is 11.6 Å². The van der Waals surface area contributed by atoms with Crippen molar-refractivity contribution in [3.05, 3.63) is 41.4 Å². The highest BCUT2D eigenvalue weighted by atomic mass is 35.5. The van der Waals surface area contributed by atoms with E-state index in [4.69, 9.17) is 16.3 Å². The summed E-state index contributed by atoms with van der Waals surface area (Å²) in [5, 5.41) is 6.47. The van der Waals surface area contributed by atoms with E-state index in [0.717, 1.165) is 12.1 Å². The summed E-state index contributed by atoms with van der Waals surface area (Å²) in [6, 6.07) is 5.41. The molecule has 0 saturated carbocycles. The molecule has 0 aliphatic carbocycles. The lowest BCUT2D eigenvalue weighted by Crippen LogP contribution is -2.29. The van der Waals surface area contributed by atoms with Crippen LogP contribution in [0.2, 0.25) is 5.02 Å². The van der Waals surface area contributed by atoms with Gasteiger partial charge in [-0.25, -0.2) is 0 Å². The van der Waals surface area contributed by atoms with E-state index < -0.39 is 0 Å². The molecule has 0 radical (unpaired) electrons. The molecule has 1 amide bonds. The minimum Gasteiger partial charge on any atom is -0.483 e. The van der Waals surface area contributed by atoms with Gasteiger partial charge in [-0.15, -0.1) is 6.58 Å². The lowest BCUT2D eigenvalue weighted by atomic mass is 10.2. The van der Waals surface area contributed by atoms with Gasteiger partial charge in [0.25, 0.3) is 5.91 Å². The smallest absolute Gasteiger partial charge is 0.258 e. The zero-order valence-corrected chi connectivity index (χ0v) is 11.8. The van der Waals surface area contributed by atoms with Gasteiger partial charge in [-0.3, -0.25) is 4.79 Å². The third-order valence-corrected chi connectivity index (χ3v) is 2.78. The molecule has 1 aromatic carbocycles. The molecule has 5 heteroatoms. The minimum absolute atomic E-state index is 0.0344. The summed E-state index contributed by atoms with van der Waals surface area (Å²) < 4.78 is 5.50. The highest BCUT2D eigenvalue weighted by molar-refractivity contribution is 6.31. The summed E-state index contributed by atoms with van der Waals surface area (Å²) >= 11 is 6.13. The Morgan fingerprint density at radius 3 is 3.00 bits per heavy atom. The van der Waals surface area contributed by atoms with Gasteiger partial charge >= 0.3 is 0 Å². The number of amides is 1. The first kappa shape index (κ1) is 15.5. The molecule has 1 rings (SSSR count). The van der Waals surface area contributed by atoms with Crippen LogP contribution in [-0.4, -0.2) is 25.6 Å². The molecule has 0 aromatic heterocycles. The third-order valence-electron chi connectivity index (χ3n) is 2.43. The fourth-order valence-electron chi connectivity index (χ4n) is 1.48. The Labute approximate surface area is 118 Å². The molecule has 0 unspecified atom stereocenters. The first-order chi connectivity index (χ1) is 9.19. The van der Waals surface area contributed by atoms with Crippen molar-refractivity contribution < 1.29 is 9.53 Å². The molecule has 0 fully saturated rings. The molecule has 0 bridgehead atoms. The number of carbonyl (C=O) groups is 1. The quantitative estimate of drug-likeness (QED) is 0.718. The summed E-state index contributed by atoms with van der Waals surface area (Å²) in [6.07, 6.45) is 1.62. The molecule has 0 saturated heterocycles. The fourth-order valence-corrected chi connectivity index (χ4v) is 1.71. The number of rotatable bonds is 8. The maximum atomic E-state index is 11.5. The average Bonchev–Trinajstić information content (AvgIpc) is 2.41. The number of carbonyl (C=O) groups excluding carboxylic acids is 1. The standard InChI is InChI=1S/C14H19ClN2O2/c1-3-8-17-14(18)10-19-13-7-5-6-12(15)11(13)9-16-4-2/h3,5-7,16H,1,4,8-10H2,2H3,(H,17,18). The highest BCUT2D eigenvalue weighted by Crippen LogP contribution is 2.26. The van der Waals surface area contributed by atoms with E-state index in [1.807, 2.05) is 6.92 Å². The maximum absolute atomic E-state index is 11.5. The number of ether oxygens (including phenoxy) is 1. The molecule has 104 valence electrons. The van der Waals surface area contributed by atoms with E-state index >= 15 is 0 Å². The first-order valence-corrected chi connectivity index (χ1v) is 6.55. The van der Waals surface area contributed by atoms with Gasteiger partial charge in [0.1, 0.15) is 5.75 Å². The van der Waals surface area contributed by atoms with Crippen LogP contribution in [0.5, 0.6) is 5.75 Å². The second-order valence-corrected chi connectivity index (χ2v) is 4.29. The van der Waals surface area contributed by atoms with Gasteiger partial charge in [0, 0.05) is 23.7 Å². The number of halogens is 1. The van der Waals surface area contributed by atoms with Crippen LogP contribution in [0.15, 0.2) is 30.9 Å². The van der Waals surface area contributed by atoms with Crippen LogP contribution in [-0.2, 0) is 11.3 Å². The number of nitrogens with one attached hydrogen (secondary N) is 2. The zero-order chi connectivity index (χ0) is 14.1. The number of hydrogen-bond acceptors (Lipinski definition) is 3. The zero-order valence-electron chi connectivity index (χ0n) is 11.0. The summed E-state index contributed by atoms with van der Waals surface area (Å²) in [6.45, 7) is 7.39. The van der Waals surface area contributed by atoms with Crippen molar-refractivity contribution in [3.63, 3.8) is 0 Å². The van der Waals surface area contributed by atoms with Gasteiger partial charge in [0.2, 0.25) is 0 Å². The Bertz CT molecular complexity index is 435. The number of benzene rings is 1. The monoisotopic (exact) mass is 282 g/mol. The molecule has 4 nitrogen and oxygen atoms in total. The predicted molar refractivity (Wildman–Crippen MR) is 77.5 cm³/mol. The first-order valence-electron chi connectivity index (χ1n) is 6.17. The van der Waals surface area contributed by atoms with E-state index in [9.17, 15) is 4.79 Å². The van der Waals surface area contributed by atoms with E-state index in [1.165, 1.54) is 0 Å². The minimum atomic E-state index is -0.186. The topological polar surface area (TPSA) is 50.4 Å². The van der Waals surface area contributed by atoms with Gasteiger partial charge in [0.05, 0.1) is 0 Å². The van der Waals surface area contributed by atoms with E-state index in [2.05, 4.69) is 17.2 Å². The van der Waals surface area contributed by atoms with Crippen LogP contribution in [0.4, 0.5) is 0 Å². The summed E-state index contributed by atoms with van der Waals surface area (Å²) in [4.78, 5) is 11.5. The van der Waals surface area contributed by atoms with Gasteiger partial charge in [-0.2, -0.15) is 0 Å². The van der Waals surface area contributed by atoms with Crippen LogP contribution in [0, 0.1) is 0 Å². The highest BCUT2D eigenvalue weighted by Gasteiger charge is 2.09. The van der Waals surface area contributed by atoms with Crippen molar-refractivity contribution in [2.24, 2.45) is 0 Å². The Morgan fingerprint density at radius 2 is 2.32 bits per heavy atom. The lowest BCUT2D eigenvalue weighted by Gasteiger charge is -2.13. The van der Waals surface area contributed by atoms with Gasteiger partial charge in [-0.1, -0.05) is 30.7 Å². The fraction of sp³-hybridized carbons (Fsp3) is 0.357.